The van der Waals surface area contributed by atoms with Crippen LogP contribution in [-0.2, 0) is 0 Å². The van der Waals surface area contributed by atoms with E-state index in [1.807, 2.05) is 0 Å². The zero-order valence-corrected chi connectivity index (χ0v) is 11.0. The molecule has 1 rings (SSSR count). The average Bonchev–Trinajstić information content (AvgIpc) is 2.15. The Hall–Kier alpha value is 0.410. The fourth-order valence-corrected chi connectivity index (χ4v) is 1.00. The summed E-state index contributed by atoms with van der Waals surface area (Å²) >= 11 is 27.0. The van der Waals surface area contributed by atoms with Gasteiger partial charge >= 0.3 is 0 Å². The summed E-state index contributed by atoms with van der Waals surface area (Å²) in [7, 11) is 0. The van der Waals surface area contributed by atoms with Crippen molar-refractivity contribution in [3.8, 4) is 0 Å². The van der Waals surface area contributed by atoms with E-state index in [0.717, 1.165) is 0 Å². The first-order valence-electron chi connectivity index (χ1n) is 3.55. The minimum Gasteiger partial charge on any atom is -0.0827 e. The SMILES string of the molecule is CC=C(Cl)Cl.Clc1cccc(Cl)c1Cl. The Morgan fingerprint density at radius 3 is 1.64 bits per heavy atom. The Morgan fingerprint density at radius 1 is 1.07 bits per heavy atom. The van der Waals surface area contributed by atoms with Gasteiger partial charge < -0.3 is 0 Å². The predicted octanol–water partition coefficient (Wildman–Crippen LogP) is 5.97. The zero-order valence-electron chi connectivity index (χ0n) is 7.20. The first kappa shape index (κ1) is 14.4. The molecule has 0 nitrogen and oxygen atoms in total. The van der Waals surface area contributed by atoms with Crippen LogP contribution in [0.2, 0.25) is 15.1 Å². The number of rotatable bonds is 0. The second-order valence-electron chi connectivity index (χ2n) is 2.11. The molecule has 1 aromatic rings. The maximum atomic E-state index is 5.61. The van der Waals surface area contributed by atoms with Crippen LogP contribution in [0.3, 0.4) is 0 Å². The van der Waals surface area contributed by atoms with Crippen LogP contribution in [0, 0.1) is 0 Å². The van der Waals surface area contributed by atoms with Crippen molar-refractivity contribution in [2.24, 2.45) is 0 Å². The van der Waals surface area contributed by atoms with Gasteiger partial charge in [0.15, 0.2) is 0 Å². The molecule has 0 N–H and O–H groups in total. The summed E-state index contributed by atoms with van der Waals surface area (Å²) in [5.41, 5.74) is 0. The summed E-state index contributed by atoms with van der Waals surface area (Å²) < 4.78 is 0.324. The molecule has 0 spiro atoms. The second-order valence-corrected chi connectivity index (χ2v) is 4.31. The van der Waals surface area contributed by atoms with Gasteiger partial charge in [0, 0.05) is 0 Å². The molecule has 0 bridgehead atoms. The highest BCUT2D eigenvalue weighted by molar-refractivity contribution is 6.55. The number of benzene rings is 1. The van der Waals surface area contributed by atoms with Crippen LogP contribution in [0.5, 0.6) is 0 Å². The lowest BCUT2D eigenvalue weighted by atomic mass is 10.4. The van der Waals surface area contributed by atoms with Crippen molar-refractivity contribution >= 4 is 58.0 Å². The molecule has 0 heterocycles. The van der Waals surface area contributed by atoms with Crippen LogP contribution in [-0.4, -0.2) is 0 Å². The van der Waals surface area contributed by atoms with Gasteiger partial charge in [-0.3, -0.25) is 0 Å². The van der Waals surface area contributed by atoms with Crippen LogP contribution in [0.4, 0.5) is 0 Å². The van der Waals surface area contributed by atoms with Gasteiger partial charge in [-0.2, -0.15) is 0 Å². The summed E-state index contributed by atoms with van der Waals surface area (Å²) in [6, 6.07) is 5.13. The normalized spacial score (nSPS) is 8.71. The molecule has 14 heavy (non-hydrogen) atoms. The molecule has 0 unspecified atom stereocenters. The molecule has 0 amide bonds. The van der Waals surface area contributed by atoms with Crippen molar-refractivity contribution in [2.75, 3.05) is 0 Å². The number of allylic oxidation sites excluding steroid dienone is 1. The third kappa shape index (κ3) is 6.00. The van der Waals surface area contributed by atoms with Crippen LogP contribution < -0.4 is 0 Å². The highest BCUT2D eigenvalue weighted by atomic mass is 35.5. The second kappa shape index (κ2) is 7.67. The van der Waals surface area contributed by atoms with Crippen LogP contribution in [0.15, 0.2) is 28.8 Å². The molecule has 0 aliphatic rings. The molecule has 0 aromatic heterocycles. The standard InChI is InChI=1S/C6H3Cl3.C3H4Cl2/c7-4-2-1-3-5(8)6(4)9;1-2-3(4)5/h1-3H;2H,1H3. The van der Waals surface area contributed by atoms with Gasteiger partial charge in [0.05, 0.1) is 15.1 Å². The molecule has 78 valence electrons. The minimum atomic E-state index is 0.324. The molecule has 0 saturated heterocycles. The Kier molecular flexibility index (Phi) is 7.89. The fourth-order valence-electron chi connectivity index (χ4n) is 0.477. The Bertz CT molecular complexity index is 295. The van der Waals surface area contributed by atoms with Gasteiger partial charge in [-0.05, 0) is 19.1 Å². The first-order valence-corrected chi connectivity index (χ1v) is 5.44. The van der Waals surface area contributed by atoms with Crippen molar-refractivity contribution < 1.29 is 0 Å². The maximum Gasteiger partial charge on any atom is 0.102 e. The maximum absolute atomic E-state index is 5.61. The third-order valence-electron chi connectivity index (χ3n) is 1.12. The van der Waals surface area contributed by atoms with Gasteiger partial charge in [-0.15, -0.1) is 0 Å². The van der Waals surface area contributed by atoms with Crippen molar-refractivity contribution in [2.45, 2.75) is 6.92 Å². The molecular formula is C9H7Cl5. The Balaban J connectivity index is 0.000000292. The summed E-state index contributed by atoms with van der Waals surface area (Å²) in [6.45, 7) is 1.77. The lowest BCUT2D eigenvalue weighted by Gasteiger charge is -1.94. The van der Waals surface area contributed by atoms with Gasteiger partial charge in [0.2, 0.25) is 0 Å². The first-order chi connectivity index (χ1) is 6.49. The lowest BCUT2D eigenvalue weighted by molar-refractivity contribution is 1.70. The number of hydrogen-bond donors (Lipinski definition) is 0. The molecule has 0 atom stereocenters. The lowest BCUT2D eigenvalue weighted by Crippen LogP contribution is -1.67. The van der Waals surface area contributed by atoms with Crippen molar-refractivity contribution in [1.29, 1.82) is 0 Å². The van der Waals surface area contributed by atoms with E-state index in [1.165, 1.54) is 0 Å². The van der Waals surface area contributed by atoms with E-state index in [9.17, 15) is 0 Å². The Labute approximate surface area is 108 Å². The van der Waals surface area contributed by atoms with E-state index in [4.69, 9.17) is 58.0 Å². The minimum absolute atomic E-state index is 0.324. The Morgan fingerprint density at radius 2 is 1.43 bits per heavy atom. The average molecular weight is 292 g/mol. The third-order valence-corrected chi connectivity index (χ3v) is 2.79. The highest BCUT2D eigenvalue weighted by Gasteiger charge is 1.98. The van der Waals surface area contributed by atoms with Crippen molar-refractivity contribution in [3.63, 3.8) is 0 Å². The van der Waals surface area contributed by atoms with Gasteiger partial charge in [-0.1, -0.05) is 70.1 Å². The summed E-state index contributed by atoms with van der Waals surface area (Å²) in [5.74, 6) is 0. The summed E-state index contributed by atoms with van der Waals surface area (Å²) in [6.07, 6.45) is 1.61. The van der Waals surface area contributed by atoms with E-state index in [-0.39, 0.29) is 0 Å². The largest absolute Gasteiger partial charge is 0.102 e. The molecule has 0 fully saturated rings. The quantitative estimate of drug-likeness (QED) is 0.517. The molecular weight excluding hydrogens is 285 g/mol. The van der Waals surface area contributed by atoms with Crippen LogP contribution >= 0.6 is 58.0 Å². The van der Waals surface area contributed by atoms with E-state index < -0.39 is 0 Å². The van der Waals surface area contributed by atoms with Crippen molar-refractivity contribution in [3.05, 3.63) is 43.8 Å². The number of halogens is 5. The van der Waals surface area contributed by atoms with Crippen LogP contribution in [0.25, 0.3) is 0 Å². The smallest absolute Gasteiger partial charge is 0.0827 e. The molecule has 0 aliphatic carbocycles. The molecule has 0 saturated carbocycles. The number of hydrogen-bond acceptors (Lipinski definition) is 0. The molecule has 1 aromatic carbocycles. The summed E-state index contributed by atoms with van der Waals surface area (Å²) in [5, 5.41) is 1.40. The van der Waals surface area contributed by atoms with E-state index >= 15 is 0 Å². The monoisotopic (exact) mass is 290 g/mol. The fraction of sp³-hybridized carbons (Fsp3) is 0.111. The van der Waals surface area contributed by atoms with Crippen LogP contribution in [0.1, 0.15) is 6.92 Å². The van der Waals surface area contributed by atoms with E-state index in [2.05, 4.69) is 0 Å². The highest BCUT2D eigenvalue weighted by Crippen LogP contribution is 2.28. The van der Waals surface area contributed by atoms with Crippen molar-refractivity contribution in [1.82, 2.24) is 0 Å². The van der Waals surface area contributed by atoms with E-state index in [0.29, 0.717) is 19.6 Å². The topological polar surface area (TPSA) is 0 Å². The predicted molar refractivity (Wildman–Crippen MR) is 66.9 cm³/mol. The van der Waals surface area contributed by atoms with E-state index in [1.54, 1.807) is 31.2 Å². The van der Waals surface area contributed by atoms with Gasteiger partial charge in [0.1, 0.15) is 4.49 Å². The zero-order chi connectivity index (χ0) is 11.1. The molecule has 0 radical (unpaired) electrons. The summed E-state index contributed by atoms with van der Waals surface area (Å²) in [4.78, 5) is 0. The molecule has 0 aliphatic heterocycles. The van der Waals surface area contributed by atoms with Gasteiger partial charge in [0.25, 0.3) is 0 Å². The van der Waals surface area contributed by atoms with Gasteiger partial charge in [-0.25, -0.2) is 0 Å². The molecule has 5 heteroatoms.